The van der Waals surface area contributed by atoms with Crippen molar-refractivity contribution in [1.82, 2.24) is 0 Å². The average molecular weight is 497 g/mol. The van der Waals surface area contributed by atoms with E-state index >= 15 is 0 Å². The molecule has 0 aromatic heterocycles. The number of fused-ring (bicyclic) bond motifs is 1. The fraction of sp³-hybridized carbons (Fsp3) is 0.194. The summed E-state index contributed by atoms with van der Waals surface area (Å²) < 4.78 is 20.4. The summed E-state index contributed by atoms with van der Waals surface area (Å²) in [6, 6.07) is 26.3. The van der Waals surface area contributed by atoms with Crippen LogP contribution in [-0.2, 0) is 32.6 Å². The Bertz CT molecular complexity index is 1400. The van der Waals surface area contributed by atoms with E-state index in [9.17, 15) is 14.3 Å². The normalized spacial score (nSPS) is 12.7. The highest BCUT2D eigenvalue weighted by atomic mass is 19.1. The van der Waals surface area contributed by atoms with Crippen LogP contribution in [0.25, 0.3) is 0 Å². The molecule has 0 aliphatic carbocycles. The first-order valence-corrected chi connectivity index (χ1v) is 12.4. The van der Waals surface area contributed by atoms with Gasteiger partial charge >= 0.3 is 6.03 Å². The van der Waals surface area contributed by atoms with Crippen molar-refractivity contribution >= 4 is 17.4 Å². The summed E-state index contributed by atoms with van der Waals surface area (Å²) in [5.74, 6) is 0.268. The molecular weight excluding hydrogens is 467 g/mol. The summed E-state index contributed by atoms with van der Waals surface area (Å²) in [5.41, 5.74) is 6.75. The third kappa shape index (κ3) is 5.49. The van der Waals surface area contributed by atoms with Crippen molar-refractivity contribution < 1.29 is 19.0 Å². The summed E-state index contributed by atoms with van der Waals surface area (Å²) in [6.45, 7) is 2.26. The van der Waals surface area contributed by atoms with Gasteiger partial charge in [0.05, 0.1) is 18.8 Å². The third-order valence-electron chi connectivity index (χ3n) is 6.78. The van der Waals surface area contributed by atoms with E-state index in [1.807, 2.05) is 61.5 Å². The second-order valence-corrected chi connectivity index (χ2v) is 9.27. The molecule has 5 rings (SSSR count). The molecule has 1 aliphatic heterocycles. The molecule has 2 amide bonds. The van der Waals surface area contributed by atoms with Crippen LogP contribution < -0.4 is 15.0 Å². The number of benzene rings is 4. The molecule has 188 valence electrons. The van der Waals surface area contributed by atoms with E-state index in [4.69, 9.17) is 4.74 Å². The fourth-order valence-electron chi connectivity index (χ4n) is 4.62. The number of aliphatic hydroxyl groups is 1. The molecule has 5 nitrogen and oxygen atoms in total. The molecule has 0 fully saturated rings. The Hall–Kier alpha value is -4.16. The number of hydrogen-bond acceptors (Lipinski definition) is 3. The molecule has 0 saturated carbocycles. The molecule has 1 heterocycles. The van der Waals surface area contributed by atoms with Crippen molar-refractivity contribution in [3.8, 4) is 5.75 Å². The predicted molar refractivity (Wildman–Crippen MR) is 143 cm³/mol. The van der Waals surface area contributed by atoms with Crippen LogP contribution in [0.1, 0.15) is 33.4 Å². The Balaban J connectivity index is 1.45. The molecule has 6 heteroatoms. The molecule has 0 saturated heterocycles. The van der Waals surface area contributed by atoms with Crippen LogP contribution in [0, 0.1) is 12.7 Å². The molecule has 0 spiro atoms. The molecule has 0 unspecified atom stereocenters. The Labute approximate surface area is 216 Å². The van der Waals surface area contributed by atoms with Gasteiger partial charge in [-0.05, 0) is 65.8 Å². The number of nitrogens with one attached hydrogen (secondary N) is 1. The first-order valence-electron chi connectivity index (χ1n) is 12.4. The maximum atomic E-state index is 14.3. The molecule has 4 aromatic carbocycles. The monoisotopic (exact) mass is 496 g/mol. The van der Waals surface area contributed by atoms with Gasteiger partial charge in [0.1, 0.15) is 18.2 Å². The number of anilines is 2. The predicted octanol–water partition coefficient (Wildman–Crippen LogP) is 6.54. The van der Waals surface area contributed by atoms with E-state index in [2.05, 4.69) is 17.4 Å². The second-order valence-electron chi connectivity index (χ2n) is 9.27. The number of rotatable bonds is 8. The maximum Gasteiger partial charge on any atom is 0.326 e. The Morgan fingerprint density at radius 2 is 1.78 bits per heavy atom. The van der Waals surface area contributed by atoms with Crippen molar-refractivity contribution in [3.05, 3.63) is 124 Å². The zero-order valence-electron chi connectivity index (χ0n) is 20.7. The molecule has 0 radical (unpaired) electrons. The van der Waals surface area contributed by atoms with Gasteiger partial charge in [-0.2, -0.15) is 0 Å². The number of urea groups is 1. The van der Waals surface area contributed by atoms with Gasteiger partial charge in [0.25, 0.3) is 0 Å². The van der Waals surface area contributed by atoms with Crippen LogP contribution in [0.5, 0.6) is 5.75 Å². The van der Waals surface area contributed by atoms with Crippen LogP contribution in [-0.4, -0.2) is 11.1 Å². The average Bonchev–Trinajstić information content (AvgIpc) is 2.92. The molecule has 4 aromatic rings. The van der Waals surface area contributed by atoms with E-state index in [1.165, 1.54) is 11.6 Å². The summed E-state index contributed by atoms with van der Waals surface area (Å²) in [5, 5.41) is 12.4. The summed E-state index contributed by atoms with van der Waals surface area (Å²) in [7, 11) is 0. The van der Waals surface area contributed by atoms with E-state index in [0.29, 0.717) is 23.5 Å². The topological polar surface area (TPSA) is 61.8 Å². The molecule has 2 N–H and O–H groups in total. The number of amides is 2. The Morgan fingerprint density at radius 1 is 0.946 bits per heavy atom. The first-order chi connectivity index (χ1) is 18.0. The van der Waals surface area contributed by atoms with Gasteiger partial charge in [-0.15, -0.1) is 0 Å². The van der Waals surface area contributed by atoms with Gasteiger partial charge in [-0.3, -0.25) is 4.90 Å². The third-order valence-corrected chi connectivity index (χ3v) is 6.78. The summed E-state index contributed by atoms with van der Waals surface area (Å²) in [4.78, 5) is 14.9. The lowest BCUT2D eigenvalue weighted by Gasteiger charge is -2.31. The zero-order valence-corrected chi connectivity index (χ0v) is 20.7. The highest BCUT2D eigenvalue weighted by molar-refractivity contribution is 6.04. The second kappa shape index (κ2) is 10.8. The fourth-order valence-corrected chi connectivity index (χ4v) is 4.62. The molecule has 0 bridgehead atoms. The summed E-state index contributed by atoms with van der Waals surface area (Å²) in [6.07, 6.45) is 1.57. The maximum absolute atomic E-state index is 14.3. The SMILES string of the molecule is Cc1cccc(F)c1COc1ccc(CCc2ccccc2)c(N2Cc3ccc(CO)cc3NC2=O)c1. The largest absolute Gasteiger partial charge is 0.489 e. The Kier molecular flexibility index (Phi) is 7.19. The van der Waals surface area contributed by atoms with Crippen LogP contribution in [0.15, 0.2) is 84.9 Å². The van der Waals surface area contributed by atoms with Crippen LogP contribution in [0.2, 0.25) is 0 Å². The number of aliphatic hydroxyl groups excluding tert-OH is 1. The van der Waals surface area contributed by atoms with Gasteiger partial charge in [-0.25, -0.2) is 9.18 Å². The molecular formula is C31H29FN2O3. The van der Waals surface area contributed by atoms with Crippen LogP contribution in [0.4, 0.5) is 20.6 Å². The number of ether oxygens (including phenoxy) is 1. The minimum atomic E-state index is -0.297. The van der Waals surface area contributed by atoms with Gasteiger partial charge < -0.3 is 15.2 Å². The number of carbonyl (C=O) groups is 1. The van der Waals surface area contributed by atoms with Gasteiger partial charge in [0.15, 0.2) is 0 Å². The van der Waals surface area contributed by atoms with Crippen LogP contribution in [0.3, 0.4) is 0 Å². The van der Waals surface area contributed by atoms with Crippen molar-refractivity contribution in [1.29, 1.82) is 0 Å². The van der Waals surface area contributed by atoms with E-state index < -0.39 is 0 Å². The van der Waals surface area contributed by atoms with E-state index in [1.54, 1.807) is 17.0 Å². The first kappa shape index (κ1) is 24.5. The lowest BCUT2D eigenvalue weighted by Crippen LogP contribution is -2.39. The quantitative estimate of drug-likeness (QED) is 0.291. The smallest absolute Gasteiger partial charge is 0.326 e. The van der Waals surface area contributed by atoms with Crippen molar-refractivity contribution in [2.75, 3.05) is 10.2 Å². The number of nitrogens with zero attached hydrogens (tertiary/aromatic N) is 1. The zero-order chi connectivity index (χ0) is 25.8. The number of halogens is 1. The van der Waals surface area contributed by atoms with E-state index in [-0.39, 0.29) is 25.1 Å². The lowest BCUT2D eigenvalue weighted by molar-refractivity contribution is 0.255. The summed E-state index contributed by atoms with van der Waals surface area (Å²) >= 11 is 0. The minimum absolute atomic E-state index is 0.0859. The van der Waals surface area contributed by atoms with Crippen LogP contribution >= 0.6 is 0 Å². The number of aryl methyl sites for hydroxylation is 3. The molecule has 37 heavy (non-hydrogen) atoms. The van der Waals surface area contributed by atoms with Gasteiger partial charge in [0, 0.05) is 17.3 Å². The molecule has 1 aliphatic rings. The standard InChI is InChI=1S/C31H29FN2O3/c1-21-6-5-9-28(32)27(21)20-37-26-15-14-24(12-10-22-7-3-2-4-8-22)30(17-26)34-18-25-13-11-23(19-35)16-29(25)33-31(34)36/h2-9,11,13-17,35H,10,12,18-20H2,1H3,(H,33,36). The van der Waals surface area contributed by atoms with Crippen molar-refractivity contribution in [2.24, 2.45) is 0 Å². The van der Waals surface area contributed by atoms with E-state index in [0.717, 1.165) is 40.8 Å². The lowest BCUT2D eigenvalue weighted by atomic mass is 10.0. The highest BCUT2D eigenvalue weighted by Gasteiger charge is 2.26. The van der Waals surface area contributed by atoms with Crippen molar-refractivity contribution in [2.45, 2.75) is 39.5 Å². The Morgan fingerprint density at radius 3 is 2.57 bits per heavy atom. The number of hydrogen-bond donors (Lipinski definition) is 2. The van der Waals surface area contributed by atoms with Gasteiger partial charge in [-0.1, -0.05) is 60.7 Å². The molecule has 0 atom stereocenters. The minimum Gasteiger partial charge on any atom is -0.489 e. The van der Waals surface area contributed by atoms with Gasteiger partial charge in [0.2, 0.25) is 0 Å². The number of carbonyl (C=O) groups excluding carboxylic acids is 1. The highest BCUT2D eigenvalue weighted by Crippen LogP contribution is 2.34. The van der Waals surface area contributed by atoms with Crippen molar-refractivity contribution in [3.63, 3.8) is 0 Å².